The minimum atomic E-state index is -0.630. The molecule has 0 bridgehead atoms. The molecule has 9 heteroatoms. The summed E-state index contributed by atoms with van der Waals surface area (Å²) in [5, 5.41) is 16.8. The fraction of sp³-hybridized carbons (Fsp3) is 0.160. The highest BCUT2D eigenvalue weighted by atomic mass is 16.5. The summed E-state index contributed by atoms with van der Waals surface area (Å²) in [6.45, 7) is 4.46. The molecule has 0 atom stereocenters. The monoisotopic (exact) mass is 454 g/mol. The second-order valence-electron chi connectivity index (χ2n) is 7.64. The average Bonchev–Trinajstić information content (AvgIpc) is 3.11. The van der Waals surface area contributed by atoms with Gasteiger partial charge in [0, 0.05) is 5.39 Å². The zero-order valence-electron chi connectivity index (χ0n) is 18.7. The third-order valence-corrected chi connectivity index (χ3v) is 5.39. The molecule has 2 aromatic heterocycles. The fourth-order valence-electron chi connectivity index (χ4n) is 3.64. The number of amides is 2. The molecule has 2 amide bonds. The number of hydrogen-bond donors (Lipinski definition) is 2. The standard InChI is InChI=1S/C25H22N6O3/c1-15-23(16(2)31(30-15)11-12-34-18-9-7-17(14-26)8-10-18)29-25(33)22-13-20(24(27)32)19-5-3-4-6-21(19)28-22/h3-10,13H,11-12H2,1-2H3,(H2,27,32)(H,29,33). The molecular formula is C25H22N6O3. The molecular weight excluding hydrogens is 432 g/mol. The summed E-state index contributed by atoms with van der Waals surface area (Å²) in [4.78, 5) is 29.3. The Kier molecular flexibility index (Phi) is 6.23. The van der Waals surface area contributed by atoms with E-state index in [4.69, 9.17) is 15.7 Å². The molecule has 0 radical (unpaired) electrons. The van der Waals surface area contributed by atoms with E-state index < -0.39 is 11.8 Å². The van der Waals surface area contributed by atoms with Crippen molar-refractivity contribution >= 4 is 28.4 Å². The van der Waals surface area contributed by atoms with Crippen molar-refractivity contribution < 1.29 is 14.3 Å². The first-order chi connectivity index (χ1) is 16.4. The van der Waals surface area contributed by atoms with Gasteiger partial charge in [-0.25, -0.2) is 4.98 Å². The van der Waals surface area contributed by atoms with E-state index in [1.165, 1.54) is 6.07 Å². The van der Waals surface area contributed by atoms with E-state index in [2.05, 4.69) is 21.5 Å². The molecule has 0 saturated carbocycles. The molecule has 0 fully saturated rings. The maximum absolute atomic E-state index is 13.0. The number of ether oxygens (including phenoxy) is 1. The first-order valence-electron chi connectivity index (χ1n) is 10.6. The van der Waals surface area contributed by atoms with Crippen molar-refractivity contribution in [2.45, 2.75) is 20.4 Å². The predicted octanol–water partition coefficient (Wildman–Crippen LogP) is 3.35. The van der Waals surface area contributed by atoms with Crippen LogP contribution in [0.15, 0.2) is 54.6 Å². The molecule has 34 heavy (non-hydrogen) atoms. The van der Waals surface area contributed by atoms with Gasteiger partial charge in [-0.15, -0.1) is 0 Å². The quantitative estimate of drug-likeness (QED) is 0.439. The number of carbonyl (C=O) groups excluding carboxylic acids is 2. The Hall–Kier alpha value is -4.71. The Morgan fingerprint density at radius 3 is 2.59 bits per heavy atom. The summed E-state index contributed by atoms with van der Waals surface area (Å²) < 4.78 is 7.48. The first kappa shape index (κ1) is 22.5. The third-order valence-electron chi connectivity index (χ3n) is 5.39. The number of benzene rings is 2. The van der Waals surface area contributed by atoms with Gasteiger partial charge in [-0.3, -0.25) is 14.3 Å². The van der Waals surface area contributed by atoms with Gasteiger partial charge >= 0.3 is 0 Å². The lowest BCUT2D eigenvalue weighted by molar-refractivity contribution is 0.100. The van der Waals surface area contributed by atoms with Crippen molar-refractivity contribution in [3.05, 3.63) is 82.8 Å². The Labute approximate surface area is 195 Å². The smallest absolute Gasteiger partial charge is 0.274 e. The fourth-order valence-corrected chi connectivity index (χ4v) is 3.64. The zero-order valence-corrected chi connectivity index (χ0v) is 18.7. The Balaban J connectivity index is 1.49. The van der Waals surface area contributed by atoms with Crippen LogP contribution in [0.2, 0.25) is 0 Å². The van der Waals surface area contributed by atoms with Gasteiger partial charge in [0.2, 0.25) is 5.91 Å². The second-order valence-corrected chi connectivity index (χ2v) is 7.64. The van der Waals surface area contributed by atoms with E-state index in [1.54, 1.807) is 60.1 Å². The SMILES string of the molecule is Cc1nn(CCOc2ccc(C#N)cc2)c(C)c1NC(=O)c1cc(C(N)=O)c2ccccc2n1. The van der Waals surface area contributed by atoms with Crippen molar-refractivity contribution in [2.24, 2.45) is 5.73 Å². The van der Waals surface area contributed by atoms with Crippen LogP contribution in [0.1, 0.15) is 37.8 Å². The minimum absolute atomic E-state index is 0.0863. The lowest BCUT2D eigenvalue weighted by Crippen LogP contribution is -2.18. The van der Waals surface area contributed by atoms with Gasteiger partial charge in [-0.05, 0) is 50.2 Å². The molecule has 2 heterocycles. The Morgan fingerprint density at radius 2 is 1.88 bits per heavy atom. The molecule has 0 aliphatic rings. The summed E-state index contributed by atoms with van der Waals surface area (Å²) in [7, 11) is 0. The van der Waals surface area contributed by atoms with Crippen LogP contribution in [-0.2, 0) is 6.54 Å². The number of aryl methyl sites for hydroxylation is 1. The number of nitrogens with one attached hydrogen (secondary N) is 1. The maximum Gasteiger partial charge on any atom is 0.274 e. The van der Waals surface area contributed by atoms with E-state index in [-0.39, 0.29) is 11.3 Å². The number of rotatable bonds is 7. The number of carbonyl (C=O) groups is 2. The molecule has 2 aromatic carbocycles. The van der Waals surface area contributed by atoms with Crippen LogP contribution in [0.5, 0.6) is 5.75 Å². The number of pyridine rings is 1. The molecule has 170 valence electrons. The Bertz CT molecular complexity index is 1430. The van der Waals surface area contributed by atoms with E-state index >= 15 is 0 Å². The summed E-state index contributed by atoms with van der Waals surface area (Å²) in [5.41, 5.74) is 8.88. The number of nitrogens with zero attached hydrogens (tertiary/aromatic N) is 4. The van der Waals surface area contributed by atoms with E-state index in [0.717, 1.165) is 5.69 Å². The number of primary amides is 1. The minimum Gasteiger partial charge on any atom is -0.492 e. The summed E-state index contributed by atoms with van der Waals surface area (Å²) in [6.07, 6.45) is 0. The van der Waals surface area contributed by atoms with Gasteiger partial charge in [-0.1, -0.05) is 18.2 Å². The highest BCUT2D eigenvalue weighted by Crippen LogP contribution is 2.22. The normalized spacial score (nSPS) is 10.6. The highest BCUT2D eigenvalue weighted by molar-refractivity contribution is 6.10. The first-order valence-corrected chi connectivity index (χ1v) is 10.6. The molecule has 0 saturated heterocycles. The van der Waals surface area contributed by atoms with Crippen LogP contribution >= 0.6 is 0 Å². The number of anilines is 1. The van der Waals surface area contributed by atoms with Gasteiger partial charge in [-0.2, -0.15) is 10.4 Å². The summed E-state index contributed by atoms with van der Waals surface area (Å²) in [6, 6.07) is 17.3. The van der Waals surface area contributed by atoms with Crippen molar-refractivity contribution in [1.82, 2.24) is 14.8 Å². The van der Waals surface area contributed by atoms with Crippen LogP contribution in [0.3, 0.4) is 0 Å². The molecule has 0 aliphatic carbocycles. The largest absolute Gasteiger partial charge is 0.492 e. The summed E-state index contributed by atoms with van der Waals surface area (Å²) >= 11 is 0. The number of hydrogen-bond acceptors (Lipinski definition) is 6. The number of nitriles is 1. The molecule has 0 spiro atoms. The van der Waals surface area contributed by atoms with Crippen molar-refractivity contribution in [3.63, 3.8) is 0 Å². The molecule has 4 aromatic rings. The highest BCUT2D eigenvalue weighted by Gasteiger charge is 2.19. The van der Waals surface area contributed by atoms with Crippen molar-refractivity contribution in [2.75, 3.05) is 11.9 Å². The van der Waals surface area contributed by atoms with Crippen LogP contribution in [0.4, 0.5) is 5.69 Å². The van der Waals surface area contributed by atoms with Gasteiger partial charge in [0.1, 0.15) is 18.1 Å². The van der Waals surface area contributed by atoms with E-state index in [9.17, 15) is 9.59 Å². The third kappa shape index (κ3) is 4.56. The predicted molar refractivity (Wildman–Crippen MR) is 127 cm³/mol. The lowest BCUT2D eigenvalue weighted by Gasteiger charge is -2.10. The number of aromatic nitrogens is 3. The number of nitrogens with two attached hydrogens (primary N) is 1. The molecule has 3 N–H and O–H groups in total. The van der Waals surface area contributed by atoms with Crippen LogP contribution in [0.25, 0.3) is 10.9 Å². The summed E-state index contributed by atoms with van der Waals surface area (Å²) in [5.74, 6) is -0.440. The number of fused-ring (bicyclic) bond motifs is 1. The zero-order chi connectivity index (χ0) is 24.2. The van der Waals surface area contributed by atoms with Gasteiger partial charge in [0.05, 0.1) is 46.3 Å². The second kappa shape index (κ2) is 9.42. The molecule has 4 rings (SSSR count). The van der Waals surface area contributed by atoms with E-state index in [0.29, 0.717) is 46.7 Å². The average molecular weight is 454 g/mol. The van der Waals surface area contributed by atoms with Crippen LogP contribution in [-0.4, -0.2) is 33.2 Å². The molecule has 9 nitrogen and oxygen atoms in total. The van der Waals surface area contributed by atoms with Crippen molar-refractivity contribution in [1.29, 1.82) is 5.26 Å². The van der Waals surface area contributed by atoms with Gasteiger partial charge < -0.3 is 15.8 Å². The Morgan fingerprint density at radius 1 is 1.15 bits per heavy atom. The van der Waals surface area contributed by atoms with E-state index in [1.807, 2.05) is 6.92 Å². The lowest BCUT2D eigenvalue weighted by atomic mass is 10.1. The van der Waals surface area contributed by atoms with Gasteiger partial charge in [0.15, 0.2) is 0 Å². The number of para-hydroxylation sites is 1. The topological polar surface area (TPSA) is 136 Å². The maximum atomic E-state index is 13.0. The molecule has 0 aliphatic heterocycles. The molecule has 0 unspecified atom stereocenters. The van der Waals surface area contributed by atoms with Crippen LogP contribution in [0, 0.1) is 25.2 Å². The van der Waals surface area contributed by atoms with Crippen molar-refractivity contribution in [3.8, 4) is 11.8 Å². The van der Waals surface area contributed by atoms with Gasteiger partial charge in [0.25, 0.3) is 5.91 Å². The van der Waals surface area contributed by atoms with Crippen LogP contribution < -0.4 is 15.8 Å².